The molecule has 1 aromatic heterocycles. The van der Waals surface area contributed by atoms with E-state index in [1.807, 2.05) is 0 Å². The standard InChI is InChI=1S/C15H13BrFNO4/c1-9(14(19)18-8-11-3-2-6-21-11)22-15(20)12-7-10(17)4-5-13(12)16/h2-7,9H,8H2,1H3,(H,18,19)/t9-/m0/s1. The molecule has 116 valence electrons. The number of hydrogen-bond donors (Lipinski definition) is 1. The second-order valence-corrected chi connectivity index (χ2v) is 5.32. The summed E-state index contributed by atoms with van der Waals surface area (Å²) in [6.45, 7) is 1.62. The van der Waals surface area contributed by atoms with Gasteiger partial charge in [-0.25, -0.2) is 9.18 Å². The third kappa shape index (κ3) is 4.17. The van der Waals surface area contributed by atoms with Crippen molar-refractivity contribution in [3.63, 3.8) is 0 Å². The molecule has 1 aromatic carbocycles. The van der Waals surface area contributed by atoms with Crippen LogP contribution < -0.4 is 5.32 Å². The maximum atomic E-state index is 13.2. The molecule has 2 aromatic rings. The van der Waals surface area contributed by atoms with Crippen LogP contribution in [0, 0.1) is 5.82 Å². The number of rotatable bonds is 5. The highest BCUT2D eigenvalue weighted by Gasteiger charge is 2.20. The van der Waals surface area contributed by atoms with Crippen LogP contribution in [0.5, 0.6) is 0 Å². The van der Waals surface area contributed by atoms with Gasteiger partial charge in [0, 0.05) is 4.47 Å². The van der Waals surface area contributed by atoms with Crippen molar-refractivity contribution in [2.45, 2.75) is 19.6 Å². The van der Waals surface area contributed by atoms with E-state index in [1.54, 1.807) is 12.1 Å². The van der Waals surface area contributed by atoms with Gasteiger partial charge < -0.3 is 14.5 Å². The van der Waals surface area contributed by atoms with Crippen LogP contribution in [0.4, 0.5) is 4.39 Å². The second-order valence-electron chi connectivity index (χ2n) is 4.47. The van der Waals surface area contributed by atoms with Gasteiger partial charge in [0.1, 0.15) is 11.6 Å². The highest BCUT2D eigenvalue weighted by Crippen LogP contribution is 2.19. The van der Waals surface area contributed by atoms with E-state index < -0.39 is 23.8 Å². The number of furan rings is 1. The molecule has 1 heterocycles. The molecule has 0 aliphatic carbocycles. The molecule has 0 aliphatic rings. The maximum absolute atomic E-state index is 13.2. The predicted octanol–water partition coefficient (Wildman–Crippen LogP) is 3.04. The average Bonchev–Trinajstić information content (AvgIpc) is 3.00. The summed E-state index contributed by atoms with van der Waals surface area (Å²) < 4.78 is 23.7. The second kappa shape index (κ2) is 7.22. The van der Waals surface area contributed by atoms with E-state index in [1.165, 1.54) is 25.3 Å². The summed E-state index contributed by atoms with van der Waals surface area (Å²) in [6, 6.07) is 7.06. The minimum atomic E-state index is -1.02. The molecule has 0 saturated heterocycles. The SMILES string of the molecule is C[C@H](OC(=O)c1cc(F)ccc1Br)C(=O)NCc1ccco1. The molecular weight excluding hydrogens is 357 g/mol. The summed E-state index contributed by atoms with van der Waals surface area (Å²) in [4.78, 5) is 23.8. The fraction of sp³-hybridized carbons (Fsp3) is 0.200. The highest BCUT2D eigenvalue weighted by molar-refractivity contribution is 9.10. The predicted molar refractivity (Wildman–Crippen MR) is 79.5 cm³/mol. The molecule has 2 rings (SSSR count). The zero-order chi connectivity index (χ0) is 16.1. The van der Waals surface area contributed by atoms with E-state index in [4.69, 9.17) is 9.15 Å². The smallest absolute Gasteiger partial charge is 0.340 e. The van der Waals surface area contributed by atoms with Crippen molar-refractivity contribution < 1.29 is 23.1 Å². The summed E-state index contributed by atoms with van der Waals surface area (Å²) in [5, 5.41) is 2.57. The summed E-state index contributed by atoms with van der Waals surface area (Å²) in [5.41, 5.74) is 0.0192. The number of nitrogens with one attached hydrogen (secondary N) is 1. The van der Waals surface area contributed by atoms with Gasteiger partial charge >= 0.3 is 5.97 Å². The van der Waals surface area contributed by atoms with Crippen LogP contribution in [0.2, 0.25) is 0 Å². The number of amides is 1. The van der Waals surface area contributed by atoms with Crippen molar-refractivity contribution >= 4 is 27.8 Å². The van der Waals surface area contributed by atoms with Crippen LogP contribution in [0.15, 0.2) is 45.5 Å². The maximum Gasteiger partial charge on any atom is 0.340 e. The van der Waals surface area contributed by atoms with E-state index in [9.17, 15) is 14.0 Å². The lowest BCUT2D eigenvalue weighted by atomic mass is 10.2. The van der Waals surface area contributed by atoms with E-state index in [0.717, 1.165) is 6.07 Å². The molecule has 1 N–H and O–H groups in total. The molecule has 0 aliphatic heterocycles. The molecule has 0 radical (unpaired) electrons. The van der Waals surface area contributed by atoms with Crippen LogP contribution in [0.3, 0.4) is 0 Å². The Hall–Kier alpha value is -2.15. The number of halogens is 2. The fourth-order valence-corrected chi connectivity index (χ4v) is 2.07. The molecule has 7 heteroatoms. The topological polar surface area (TPSA) is 68.5 Å². The first-order valence-corrected chi connectivity index (χ1v) is 7.23. The number of carbonyl (C=O) groups excluding carboxylic acids is 2. The fourth-order valence-electron chi connectivity index (χ4n) is 1.66. The molecule has 0 fully saturated rings. The van der Waals surface area contributed by atoms with Crippen LogP contribution in [-0.4, -0.2) is 18.0 Å². The van der Waals surface area contributed by atoms with Crippen molar-refractivity contribution in [1.82, 2.24) is 5.32 Å². The summed E-state index contributed by atoms with van der Waals surface area (Å²) in [5.74, 6) is -1.24. The molecular formula is C15H13BrFNO4. The minimum absolute atomic E-state index is 0.0192. The minimum Gasteiger partial charge on any atom is -0.467 e. The highest BCUT2D eigenvalue weighted by atomic mass is 79.9. The third-order valence-corrected chi connectivity index (χ3v) is 3.51. The molecule has 0 unspecified atom stereocenters. The Morgan fingerprint density at radius 1 is 1.41 bits per heavy atom. The quantitative estimate of drug-likeness (QED) is 0.822. The summed E-state index contributed by atoms with van der Waals surface area (Å²) in [7, 11) is 0. The lowest BCUT2D eigenvalue weighted by Crippen LogP contribution is -2.35. The number of esters is 1. The first-order chi connectivity index (χ1) is 10.5. The summed E-state index contributed by atoms with van der Waals surface area (Å²) >= 11 is 3.13. The Bertz CT molecular complexity index is 672. The lowest BCUT2D eigenvalue weighted by Gasteiger charge is -2.13. The van der Waals surface area contributed by atoms with E-state index in [2.05, 4.69) is 21.2 Å². The number of hydrogen-bond acceptors (Lipinski definition) is 4. The third-order valence-electron chi connectivity index (χ3n) is 2.82. The Morgan fingerprint density at radius 2 is 2.18 bits per heavy atom. The van der Waals surface area contributed by atoms with Crippen LogP contribution in [0.1, 0.15) is 23.0 Å². The van der Waals surface area contributed by atoms with Crippen molar-refractivity contribution in [3.05, 3.63) is 58.2 Å². The molecule has 0 bridgehead atoms. The Balaban J connectivity index is 1.92. The van der Waals surface area contributed by atoms with Gasteiger partial charge in [0.2, 0.25) is 0 Å². The van der Waals surface area contributed by atoms with Crippen LogP contribution in [-0.2, 0) is 16.1 Å². The van der Waals surface area contributed by atoms with Crippen LogP contribution >= 0.6 is 15.9 Å². The van der Waals surface area contributed by atoms with Gasteiger partial charge in [0.25, 0.3) is 5.91 Å². The normalized spacial score (nSPS) is 11.8. The summed E-state index contributed by atoms with van der Waals surface area (Å²) in [6.07, 6.45) is 0.476. The van der Waals surface area contributed by atoms with Crippen molar-refractivity contribution in [1.29, 1.82) is 0 Å². The van der Waals surface area contributed by atoms with Gasteiger partial charge in [-0.05, 0) is 53.2 Å². The molecule has 5 nitrogen and oxygen atoms in total. The van der Waals surface area contributed by atoms with Gasteiger partial charge in [-0.3, -0.25) is 4.79 Å². The monoisotopic (exact) mass is 369 g/mol. The van der Waals surface area contributed by atoms with E-state index in [0.29, 0.717) is 10.2 Å². The zero-order valence-corrected chi connectivity index (χ0v) is 13.2. The van der Waals surface area contributed by atoms with E-state index in [-0.39, 0.29) is 12.1 Å². The molecule has 1 atom stereocenters. The van der Waals surface area contributed by atoms with Crippen molar-refractivity contribution in [3.8, 4) is 0 Å². The number of ether oxygens (including phenoxy) is 1. The Labute approximate surface area is 134 Å². The first kappa shape index (κ1) is 16.2. The van der Waals surface area contributed by atoms with Crippen LogP contribution in [0.25, 0.3) is 0 Å². The van der Waals surface area contributed by atoms with Crippen molar-refractivity contribution in [2.24, 2.45) is 0 Å². The van der Waals surface area contributed by atoms with Gasteiger partial charge in [-0.1, -0.05) is 0 Å². The Kier molecular flexibility index (Phi) is 5.32. The molecule has 0 saturated carbocycles. The van der Waals surface area contributed by atoms with Crippen molar-refractivity contribution in [2.75, 3.05) is 0 Å². The first-order valence-electron chi connectivity index (χ1n) is 6.43. The zero-order valence-electron chi connectivity index (χ0n) is 11.6. The Morgan fingerprint density at radius 3 is 2.86 bits per heavy atom. The number of carbonyl (C=O) groups is 2. The van der Waals surface area contributed by atoms with Gasteiger partial charge in [-0.15, -0.1) is 0 Å². The lowest BCUT2D eigenvalue weighted by molar-refractivity contribution is -0.129. The molecule has 1 amide bonds. The molecule has 0 spiro atoms. The molecule has 22 heavy (non-hydrogen) atoms. The van der Waals surface area contributed by atoms with Gasteiger partial charge in [0.05, 0.1) is 18.4 Å². The average molecular weight is 370 g/mol. The van der Waals surface area contributed by atoms with E-state index >= 15 is 0 Å². The van der Waals surface area contributed by atoms with Gasteiger partial charge in [0.15, 0.2) is 6.10 Å². The number of benzene rings is 1. The van der Waals surface area contributed by atoms with Gasteiger partial charge in [-0.2, -0.15) is 0 Å². The largest absolute Gasteiger partial charge is 0.467 e.